The number of anilines is 1. The molecule has 0 aliphatic carbocycles. The normalized spacial score (nSPS) is 15.0. The second-order valence-electron chi connectivity index (χ2n) is 6.82. The standard InChI is InChI=1S/C20H20FN5O4/c21-14-3-1-13(2-4-14)16(24-19(28)17-5-6-22-30-17)11-15-12-18(27)25-20(23-15)26-7-9-29-10-8-26/h1-6,12,16H,7-11H2,(H,24,28)(H,23,25,27)/t16-/m0/s1. The molecule has 30 heavy (non-hydrogen) atoms. The van der Waals surface area contributed by atoms with Gasteiger partial charge in [-0.3, -0.25) is 14.6 Å². The highest BCUT2D eigenvalue weighted by atomic mass is 19.1. The molecule has 156 valence electrons. The van der Waals surface area contributed by atoms with Crippen LogP contribution in [0.15, 0.2) is 51.9 Å². The first-order chi connectivity index (χ1) is 14.6. The number of nitrogens with zero attached hydrogens (tertiary/aromatic N) is 3. The van der Waals surface area contributed by atoms with Crippen LogP contribution in [0.4, 0.5) is 10.3 Å². The molecule has 3 aromatic rings. The molecule has 1 aliphatic rings. The maximum Gasteiger partial charge on any atom is 0.290 e. The van der Waals surface area contributed by atoms with Gasteiger partial charge in [0, 0.05) is 31.6 Å². The van der Waals surface area contributed by atoms with Crippen molar-refractivity contribution in [2.75, 3.05) is 31.2 Å². The van der Waals surface area contributed by atoms with Gasteiger partial charge in [-0.25, -0.2) is 9.37 Å². The lowest BCUT2D eigenvalue weighted by Crippen LogP contribution is -2.38. The fraction of sp³-hybridized carbons (Fsp3) is 0.300. The highest BCUT2D eigenvalue weighted by Gasteiger charge is 2.21. The molecule has 1 fully saturated rings. The molecule has 2 N–H and O–H groups in total. The molecule has 0 saturated carbocycles. The van der Waals surface area contributed by atoms with E-state index in [1.807, 2.05) is 4.90 Å². The quantitative estimate of drug-likeness (QED) is 0.629. The van der Waals surface area contributed by atoms with E-state index in [4.69, 9.17) is 9.26 Å². The van der Waals surface area contributed by atoms with Gasteiger partial charge in [-0.05, 0) is 17.7 Å². The first-order valence-electron chi connectivity index (χ1n) is 9.48. The lowest BCUT2D eigenvalue weighted by molar-refractivity contribution is 0.0899. The second-order valence-corrected chi connectivity index (χ2v) is 6.82. The minimum Gasteiger partial charge on any atom is -0.378 e. The van der Waals surface area contributed by atoms with Crippen LogP contribution < -0.4 is 15.8 Å². The SMILES string of the molecule is O=C(N[C@@H](Cc1cc(=O)[nH]c(N2CCOCC2)n1)c1ccc(F)cc1)c1ccno1. The minimum absolute atomic E-state index is 0.0509. The fourth-order valence-corrected chi connectivity index (χ4v) is 3.24. The number of carbonyl (C=O) groups is 1. The zero-order valence-electron chi connectivity index (χ0n) is 16.0. The molecule has 1 saturated heterocycles. The van der Waals surface area contributed by atoms with E-state index in [-0.39, 0.29) is 23.6 Å². The summed E-state index contributed by atoms with van der Waals surface area (Å²) in [5.41, 5.74) is 0.868. The van der Waals surface area contributed by atoms with Crippen molar-refractivity contribution in [3.63, 3.8) is 0 Å². The lowest BCUT2D eigenvalue weighted by atomic mass is 10.0. The Bertz CT molecular complexity index is 1050. The molecule has 0 spiro atoms. The molecule has 0 radical (unpaired) electrons. The van der Waals surface area contributed by atoms with Crippen molar-refractivity contribution in [3.05, 3.63) is 75.8 Å². The maximum absolute atomic E-state index is 13.4. The Labute approximate surface area is 170 Å². The number of H-pyrrole nitrogens is 1. The third-order valence-corrected chi connectivity index (χ3v) is 4.75. The summed E-state index contributed by atoms with van der Waals surface area (Å²) in [7, 11) is 0. The van der Waals surface area contributed by atoms with Gasteiger partial charge in [0.1, 0.15) is 5.82 Å². The molecule has 10 heteroatoms. The summed E-state index contributed by atoms with van der Waals surface area (Å²) in [6.07, 6.45) is 1.60. The minimum atomic E-state index is -0.560. The van der Waals surface area contributed by atoms with Crippen molar-refractivity contribution in [2.24, 2.45) is 0 Å². The summed E-state index contributed by atoms with van der Waals surface area (Å²) in [5, 5.41) is 6.38. The van der Waals surface area contributed by atoms with Crippen LogP contribution in [0.2, 0.25) is 0 Å². The Kier molecular flexibility index (Phi) is 5.84. The maximum atomic E-state index is 13.4. The van der Waals surface area contributed by atoms with Crippen LogP contribution >= 0.6 is 0 Å². The van der Waals surface area contributed by atoms with Crippen LogP contribution in [-0.2, 0) is 11.2 Å². The number of hydrogen-bond donors (Lipinski definition) is 2. The Morgan fingerprint density at radius 2 is 2.00 bits per heavy atom. The van der Waals surface area contributed by atoms with E-state index < -0.39 is 11.9 Å². The van der Waals surface area contributed by atoms with E-state index in [9.17, 15) is 14.0 Å². The Morgan fingerprint density at radius 3 is 2.70 bits per heavy atom. The number of nitrogens with one attached hydrogen (secondary N) is 2. The largest absolute Gasteiger partial charge is 0.378 e. The zero-order valence-corrected chi connectivity index (χ0v) is 16.0. The van der Waals surface area contributed by atoms with E-state index in [0.717, 1.165) is 0 Å². The van der Waals surface area contributed by atoms with Gasteiger partial charge in [0.25, 0.3) is 11.5 Å². The van der Waals surface area contributed by atoms with E-state index >= 15 is 0 Å². The summed E-state index contributed by atoms with van der Waals surface area (Å²) in [4.78, 5) is 34.0. The van der Waals surface area contributed by atoms with Crippen molar-refractivity contribution in [1.82, 2.24) is 20.4 Å². The van der Waals surface area contributed by atoms with Crippen LogP contribution in [-0.4, -0.2) is 47.3 Å². The van der Waals surface area contributed by atoms with Gasteiger partial charge in [0.2, 0.25) is 11.7 Å². The summed E-state index contributed by atoms with van der Waals surface area (Å²) in [5.74, 6) is -0.349. The average Bonchev–Trinajstić information content (AvgIpc) is 3.29. The summed E-state index contributed by atoms with van der Waals surface area (Å²) < 4.78 is 23.6. The van der Waals surface area contributed by atoms with Crippen LogP contribution in [0.25, 0.3) is 0 Å². The number of halogens is 1. The molecule has 1 aromatic carbocycles. The number of ether oxygens (including phenoxy) is 1. The predicted octanol–water partition coefficient (Wildman–Crippen LogP) is 1.45. The summed E-state index contributed by atoms with van der Waals surface area (Å²) in [6.45, 7) is 2.35. The van der Waals surface area contributed by atoms with E-state index in [1.54, 1.807) is 12.1 Å². The number of aromatic amines is 1. The predicted molar refractivity (Wildman–Crippen MR) is 105 cm³/mol. The summed E-state index contributed by atoms with van der Waals surface area (Å²) in [6, 6.07) is 8.06. The molecule has 1 atom stereocenters. The Morgan fingerprint density at radius 1 is 1.23 bits per heavy atom. The van der Waals surface area contributed by atoms with Crippen molar-refractivity contribution in [3.8, 4) is 0 Å². The number of carbonyl (C=O) groups excluding carboxylic acids is 1. The Hall–Kier alpha value is -3.53. The van der Waals surface area contributed by atoms with Crippen LogP contribution in [0.5, 0.6) is 0 Å². The van der Waals surface area contributed by atoms with Gasteiger partial charge in [-0.2, -0.15) is 0 Å². The highest BCUT2D eigenvalue weighted by molar-refractivity contribution is 5.91. The molecular weight excluding hydrogens is 393 g/mol. The third-order valence-electron chi connectivity index (χ3n) is 4.75. The van der Waals surface area contributed by atoms with Crippen LogP contribution in [0, 0.1) is 5.82 Å². The molecule has 3 heterocycles. The van der Waals surface area contributed by atoms with Crippen molar-refractivity contribution in [1.29, 1.82) is 0 Å². The highest BCUT2D eigenvalue weighted by Crippen LogP contribution is 2.20. The van der Waals surface area contributed by atoms with E-state index in [2.05, 4.69) is 20.4 Å². The molecular formula is C20H20FN5O4. The van der Waals surface area contributed by atoms with Gasteiger partial charge in [-0.1, -0.05) is 17.3 Å². The molecule has 2 aromatic heterocycles. The van der Waals surface area contributed by atoms with E-state index in [1.165, 1.54) is 30.5 Å². The van der Waals surface area contributed by atoms with Gasteiger partial charge in [0.15, 0.2) is 0 Å². The molecule has 9 nitrogen and oxygen atoms in total. The molecule has 4 rings (SSSR count). The fourth-order valence-electron chi connectivity index (χ4n) is 3.24. The first-order valence-corrected chi connectivity index (χ1v) is 9.48. The number of aromatic nitrogens is 3. The second kappa shape index (κ2) is 8.87. The van der Waals surface area contributed by atoms with Crippen LogP contribution in [0.1, 0.15) is 27.9 Å². The lowest BCUT2D eigenvalue weighted by Gasteiger charge is -2.27. The number of morpholine rings is 1. The van der Waals surface area contributed by atoms with Crippen molar-refractivity contribution < 1.29 is 18.4 Å². The van der Waals surface area contributed by atoms with Crippen LogP contribution in [0.3, 0.4) is 0 Å². The zero-order chi connectivity index (χ0) is 20.9. The van der Waals surface area contributed by atoms with Crippen molar-refractivity contribution >= 4 is 11.9 Å². The number of hydrogen-bond acceptors (Lipinski definition) is 7. The molecule has 0 unspecified atom stereocenters. The average molecular weight is 413 g/mol. The monoisotopic (exact) mass is 413 g/mol. The van der Waals surface area contributed by atoms with Gasteiger partial charge in [0.05, 0.1) is 31.1 Å². The number of amides is 1. The molecule has 0 bridgehead atoms. The number of benzene rings is 1. The Balaban J connectivity index is 1.60. The summed E-state index contributed by atoms with van der Waals surface area (Å²) >= 11 is 0. The number of rotatable bonds is 6. The first kappa shape index (κ1) is 19.8. The molecule has 1 aliphatic heterocycles. The van der Waals surface area contributed by atoms with Gasteiger partial charge in [-0.15, -0.1) is 0 Å². The van der Waals surface area contributed by atoms with Gasteiger partial charge < -0.3 is 19.5 Å². The van der Waals surface area contributed by atoms with E-state index in [0.29, 0.717) is 43.5 Å². The smallest absolute Gasteiger partial charge is 0.290 e. The third kappa shape index (κ3) is 4.71. The molecule has 1 amide bonds. The van der Waals surface area contributed by atoms with Gasteiger partial charge >= 0.3 is 0 Å². The topological polar surface area (TPSA) is 113 Å². The van der Waals surface area contributed by atoms with Crippen molar-refractivity contribution in [2.45, 2.75) is 12.5 Å².